The van der Waals surface area contributed by atoms with Gasteiger partial charge in [-0.2, -0.15) is 13.2 Å². The fourth-order valence-electron chi connectivity index (χ4n) is 5.26. The van der Waals surface area contributed by atoms with Crippen LogP contribution in [0.3, 0.4) is 0 Å². The summed E-state index contributed by atoms with van der Waals surface area (Å²) in [6.07, 6.45) is -3.47. The second kappa shape index (κ2) is 9.55. The van der Waals surface area contributed by atoms with E-state index in [2.05, 4.69) is 0 Å². The minimum atomic E-state index is -4.51. The first-order valence-corrected chi connectivity index (χ1v) is 12.0. The third-order valence-electron chi connectivity index (χ3n) is 7.43. The predicted octanol–water partition coefficient (Wildman–Crippen LogP) is 6.37. The first kappa shape index (κ1) is 26.6. The molecule has 0 atom stereocenters. The van der Waals surface area contributed by atoms with Gasteiger partial charge in [0.15, 0.2) is 0 Å². The summed E-state index contributed by atoms with van der Waals surface area (Å²) in [5, 5.41) is 0. The number of urea groups is 1. The lowest BCUT2D eigenvalue weighted by Crippen LogP contribution is -2.63. The number of piperidine rings is 1. The van der Waals surface area contributed by atoms with E-state index in [4.69, 9.17) is 0 Å². The summed E-state index contributed by atoms with van der Waals surface area (Å²) in [4.78, 5) is 31.6. The van der Waals surface area contributed by atoms with Crippen LogP contribution in [0.15, 0.2) is 48.5 Å². The van der Waals surface area contributed by atoms with Crippen LogP contribution in [0.25, 0.3) is 0 Å². The Labute approximate surface area is 205 Å². The fraction of sp³-hybridized carbons (Fsp3) is 0.481. The number of para-hydroxylation sites is 1. The third kappa shape index (κ3) is 4.50. The van der Waals surface area contributed by atoms with Crippen molar-refractivity contribution in [2.75, 3.05) is 25.0 Å². The summed E-state index contributed by atoms with van der Waals surface area (Å²) in [5.74, 6) is -0.416. The lowest BCUT2D eigenvalue weighted by molar-refractivity contribution is -0.137. The molecule has 5 nitrogen and oxygen atoms in total. The van der Waals surface area contributed by atoms with Crippen LogP contribution in [0.2, 0.25) is 0 Å². The number of benzene rings is 2. The highest BCUT2D eigenvalue weighted by atomic mass is 19.4. The number of amides is 3. The van der Waals surface area contributed by atoms with E-state index in [0.717, 1.165) is 17.8 Å². The van der Waals surface area contributed by atoms with Gasteiger partial charge in [0, 0.05) is 31.4 Å². The molecular formula is C27H34F3N3O2. The number of rotatable bonds is 2. The number of hydrogen-bond acceptors (Lipinski definition) is 2. The van der Waals surface area contributed by atoms with Crippen molar-refractivity contribution in [1.82, 2.24) is 9.80 Å². The molecule has 2 aromatic rings. The lowest BCUT2D eigenvalue weighted by Gasteiger charge is -2.50. The maximum atomic E-state index is 13.3. The van der Waals surface area contributed by atoms with Gasteiger partial charge in [0.05, 0.1) is 16.6 Å². The molecule has 0 N–H and O–H groups in total. The molecule has 2 fully saturated rings. The Balaban J connectivity index is 0.00000167. The van der Waals surface area contributed by atoms with E-state index in [1.165, 1.54) is 6.07 Å². The molecule has 0 aromatic heterocycles. The van der Waals surface area contributed by atoms with Crippen LogP contribution >= 0.6 is 0 Å². The SMILES string of the molecule is CC.Cc1cc(C(=O)N2CCC3(CC2)N(c2ccccc2)C(=O)N(C)C3(C)C)cc(C(F)(F)F)c1. The van der Waals surface area contributed by atoms with Crippen LogP contribution in [0.5, 0.6) is 0 Å². The van der Waals surface area contributed by atoms with Gasteiger partial charge in [-0.1, -0.05) is 32.0 Å². The minimum Gasteiger partial charge on any atom is -0.338 e. The van der Waals surface area contributed by atoms with E-state index in [1.54, 1.807) is 23.8 Å². The zero-order valence-corrected chi connectivity index (χ0v) is 21.2. The van der Waals surface area contributed by atoms with Gasteiger partial charge in [0.25, 0.3) is 5.91 Å². The highest BCUT2D eigenvalue weighted by Gasteiger charge is 2.62. The molecule has 1 spiro atoms. The number of alkyl halides is 3. The summed E-state index contributed by atoms with van der Waals surface area (Å²) in [6.45, 7) is 10.3. The summed E-state index contributed by atoms with van der Waals surface area (Å²) >= 11 is 0. The molecule has 190 valence electrons. The van der Waals surface area contributed by atoms with Gasteiger partial charge in [-0.25, -0.2) is 4.79 Å². The molecule has 0 unspecified atom stereocenters. The standard InChI is InChI=1S/C25H28F3N3O2.C2H6/c1-17-14-18(16-19(15-17)25(26,27)28)21(32)30-12-10-24(11-13-30)23(2,3)29(4)22(33)31(24)20-8-6-5-7-9-20;1-2/h5-9,14-16H,10-13H2,1-4H3;1-2H3. The second-order valence-corrected chi connectivity index (χ2v) is 9.48. The van der Waals surface area contributed by atoms with Crippen LogP contribution in [-0.2, 0) is 6.18 Å². The van der Waals surface area contributed by atoms with Crippen molar-refractivity contribution < 1.29 is 22.8 Å². The van der Waals surface area contributed by atoms with Crippen molar-refractivity contribution in [1.29, 1.82) is 0 Å². The molecule has 35 heavy (non-hydrogen) atoms. The highest BCUT2D eigenvalue weighted by molar-refractivity contribution is 5.98. The van der Waals surface area contributed by atoms with Crippen molar-refractivity contribution in [2.45, 2.75) is 64.7 Å². The zero-order chi connectivity index (χ0) is 26.2. The zero-order valence-electron chi connectivity index (χ0n) is 21.2. The molecule has 0 aliphatic carbocycles. The number of hydrogen-bond donors (Lipinski definition) is 0. The Morgan fingerprint density at radius 3 is 2.09 bits per heavy atom. The molecule has 2 saturated heterocycles. The van der Waals surface area contributed by atoms with E-state index in [-0.39, 0.29) is 11.6 Å². The fourth-order valence-corrected chi connectivity index (χ4v) is 5.26. The van der Waals surface area contributed by atoms with Gasteiger partial charge in [-0.15, -0.1) is 0 Å². The van der Waals surface area contributed by atoms with Gasteiger partial charge in [-0.3, -0.25) is 9.69 Å². The molecule has 8 heteroatoms. The maximum absolute atomic E-state index is 13.3. The predicted molar refractivity (Wildman–Crippen MR) is 132 cm³/mol. The third-order valence-corrected chi connectivity index (χ3v) is 7.43. The quantitative estimate of drug-likeness (QED) is 0.492. The summed E-state index contributed by atoms with van der Waals surface area (Å²) < 4.78 is 39.7. The largest absolute Gasteiger partial charge is 0.416 e. The number of carbonyl (C=O) groups is 2. The number of halogens is 3. The molecule has 0 saturated carbocycles. The lowest BCUT2D eigenvalue weighted by atomic mass is 9.72. The number of nitrogens with zero attached hydrogens (tertiary/aromatic N) is 3. The van der Waals surface area contributed by atoms with E-state index in [9.17, 15) is 22.8 Å². The average molecular weight is 490 g/mol. The average Bonchev–Trinajstić information content (AvgIpc) is 2.97. The summed E-state index contributed by atoms with van der Waals surface area (Å²) in [6, 6.07) is 12.8. The van der Waals surface area contributed by atoms with E-state index in [0.29, 0.717) is 31.5 Å². The molecular weight excluding hydrogens is 455 g/mol. The highest BCUT2D eigenvalue weighted by Crippen LogP contribution is 2.49. The summed E-state index contributed by atoms with van der Waals surface area (Å²) in [7, 11) is 1.79. The Morgan fingerprint density at radius 2 is 1.54 bits per heavy atom. The Kier molecular flexibility index (Phi) is 7.25. The first-order chi connectivity index (χ1) is 16.4. The molecule has 3 amide bonds. The van der Waals surface area contributed by atoms with Crippen LogP contribution in [0.4, 0.5) is 23.7 Å². The van der Waals surface area contributed by atoms with Crippen LogP contribution < -0.4 is 4.90 Å². The number of anilines is 1. The smallest absolute Gasteiger partial charge is 0.338 e. The van der Waals surface area contributed by atoms with Crippen LogP contribution in [-0.4, -0.2) is 53.0 Å². The van der Waals surface area contributed by atoms with Gasteiger partial charge < -0.3 is 9.80 Å². The number of aryl methyl sites for hydroxylation is 1. The molecule has 2 heterocycles. The van der Waals surface area contributed by atoms with Crippen LogP contribution in [0.1, 0.15) is 62.0 Å². The molecule has 2 aliphatic rings. The van der Waals surface area contributed by atoms with Gasteiger partial charge in [0.1, 0.15) is 0 Å². The molecule has 4 rings (SSSR count). The Bertz CT molecular complexity index is 1070. The second-order valence-electron chi connectivity index (χ2n) is 9.48. The topological polar surface area (TPSA) is 43.9 Å². The number of likely N-dealkylation sites (tertiary alicyclic amines) is 1. The first-order valence-electron chi connectivity index (χ1n) is 12.0. The van der Waals surface area contributed by atoms with Gasteiger partial charge >= 0.3 is 12.2 Å². The van der Waals surface area contributed by atoms with Crippen LogP contribution in [0, 0.1) is 6.92 Å². The van der Waals surface area contributed by atoms with Crippen molar-refractivity contribution in [3.05, 3.63) is 65.2 Å². The van der Waals surface area contributed by atoms with Crippen molar-refractivity contribution in [3.63, 3.8) is 0 Å². The molecule has 2 aromatic carbocycles. The monoisotopic (exact) mass is 489 g/mol. The van der Waals surface area contributed by atoms with Crippen molar-refractivity contribution in [3.8, 4) is 0 Å². The summed E-state index contributed by atoms with van der Waals surface area (Å²) in [5.41, 5.74) is -0.632. The number of carbonyl (C=O) groups excluding carboxylic acids is 2. The molecule has 0 bridgehead atoms. The maximum Gasteiger partial charge on any atom is 0.416 e. The molecule has 0 radical (unpaired) electrons. The minimum absolute atomic E-state index is 0.0390. The number of likely N-dealkylation sites (N-methyl/N-ethyl adjacent to an activating group) is 1. The van der Waals surface area contributed by atoms with E-state index >= 15 is 0 Å². The molecule has 2 aliphatic heterocycles. The van der Waals surface area contributed by atoms with Gasteiger partial charge in [-0.05, 0) is 69.5 Å². The van der Waals surface area contributed by atoms with Gasteiger partial charge in [0.2, 0.25) is 0 Å². The Morgan fingerprint density at radius 1 is 0.971 bits per heavy atom. The normalized spacial score (nSPS) is 19.0. The van der Waals surface area contributed by atoms with Crippen molar-refractivity contribution >= 4 is 17.6 Å². The Hall–Kier alpha value is -3.03. The van der Waals surface area contributed by atoms with E-state index < -0.39 is 28.7 Å². The van der Waals surface area contributed by atoms with E-state index in [1.807, 2.05) is 62.9 Å². The van der Waals surface area contributed by atoms with Crippen molar-refractivity contribution in [2.24, 2.45) is 0 Å².